The predicted octanol–water partition coefficient (Wildman–Crippen LogP) is 5.57. The Morgan fingerprint density at radius 2 is 1.50 bits per heavy atom. The van der Waals surface area contributed by atoms with Crippen LogP contribution in [0.15, 0.2) is 48.5 Å². The Kier molecular flexibility index (Phi) is 8.79. The van der Waals surface area contributed by atoms with Crippen LogP contribution in [0.1, 0.15) is 56.2 Å². The molecule has 3 rings (SSSR count). The zero-order valence-corrected chi connectivity index (χ0v) is 20.8. The molecule has 206 valence electrons. The number of alkyl halides is 6. The highest BCUT2D eigenvalue weighted by atomic mass is 19.4. The van der Waals surface area contributed by atoms with Crippen molar-refractivity contribution in [3.8, 4) is 17.2 Å². The molecule has 0 radical (unpaired) electrons. The van der Waals surface area contributed by atoms with E-state index in [2.05, 4.69) is 10.6 Å². The van der Waals surface area contributed by atoms with E-state index >= 15 is 0 Å². The lowest BCUT2D eigenvalue weighted by atomic mass is 9.95. The molecule has 1 aliphatic carbocycles. The average Bonchev–Trinajstić information content (AvgIpc) is 3.61. The molecule has 1 amide bonds. The van der Waals surface area contributed by atoms with Gasteiger partial charge >= 0.3 is 6.18 Å². The van der Waals surface area contributed by atoms with Gasteiger partial charge in [-0.15, -0.1) is 0 Å². The Morgan fingerprint density at radius 1 is 1.00 bits per heavy atom. The molecule has 1 aliphatic rings. The van der Waals surface area contributed by atoms with E-state index in [0.717, 1.165) is 13.8 Å². The lowest BCUT2D eigenvalue weighted by Gasteiger charge is -2.30. The first-order chi connectivity index (χ1) is 17.7. The molecule has 3 atom stereocenters. The molecule has 0 spiro atoms. The number of nitriles is 1. The molecule has 0 aliphatic heterocycles. The number of carbonyl (C=O) groups excluding carboxylic acids is 1. The first kappa shape index (κ1) is 29.5. The first-order valence-electron chi connectivity index (χ1n) is 12.0. The van der Waals surface area contributed by atoms with Gasteiger partial charge in [-0.05, 0) is 48.9 Å². The molecule has 1 saturated carbocycles. The molecule has 0 aromatic heterocycles. The molecule has 2 aromatic rings. The second-order valence-corrected chi connectivity index (χ2v) is 10.2. The monoisotopic (exact) mass is 541 g/mol. The molecule has 5 nitrogen and oxygen atoms in total. The number of nitrogens with one attached hydrogen (secondary N) is 2. The van der Waals surface area contributed by atoms with E-state index in [4.69, 9.17) is 0 Å². The fraction of sp³-hybridized carbons (Fsp3) is 0.481. The number of carbonyl (C=O) groups is 1. The highest BCUT2D eigenvalue weighted by Crippen LogP contribution is 2.37. The Labute approximate surface area is 216 Å². The smallest absolute Gasteiger partial charge is 0.396 e. The van der Waals surface area contributed by atoms with Crippen LogP contribution in [-0.4, -0.2) is 47.5 Å². The van der Waals surface area contributed by atoms with Gasteiger partial charge in [0.2, 0.25) is 12.3 Å². The van der Waals surface area contributed by atoms with Crippen LogP contribution in [0.25, 0.3) is 11.1 Å². The third-order valence-corrected chi connectivity index (χ3v) is 6.44. The summed E-state index contributed by atoms with van der Waals surface area (Å²) in [5.74, 6) is -2.22. The zero-order valence-electron chi connectivity index (χ0n) is 20.8. The summed E-state index contributed by atoms with van der Waals surface area (Å²) >= 11 is 0. The van der Waals surface area contributed by atoms with Crippen molar-refractivity contribution in [2.45, 2.75) is 74.9 Å². The maximum Gasteiger partial charge on any atom is 0.407 e. The number of aliphatic hydroxyl groups is 1. The number of nitrogens with zero attached hydrogens (tertiary/aromatic N) is 1. The lowest BCUT2D eigenvalue weighted by Crippen LogP contribution is -2.53. The molecule has 1 unspecified atom stereocenters. The molecule has 11 heteroatoms. The fourth-order valence-corrected chi connectivity index (χ4v) is 4.13. The summed E-state index contributed by atoms with van der Waals surface area (Å²) in [5, 5.41) is 23.1. The molecule has 0 heterocycles. The van der Waals surface area contributed by atoms with Gasteiger partial charge < -0.3 is 10.4 Å². The Balaban J connectivity index is 1.84. The van der Waals surface area contributed by atoms with Crippen LogP contribution in [0, 0.1) is 11.3 Å². The average molecular weight is 542 g/mol. The third-order valence-electron chi connectivity index (χ3n) is 6.44. The van der Waals surface area contributed by atoms with Crippen molar-refractivity contribution >= 4 is 5.91 Å². The predicted molar refractivity (Wildman–Crippen MR) is 129 cm³/mol. The third kappa shape index (κ3) is 7.48. The molecule has 0 saturated heterocycles. The second kappa shape index (κ2) is 11.3. The Morgan fingerprint density at radius 3 is 1.87 bits per heavy atom. The summed E-state index contributed by atoms with van der Waals surface area (Å²) in [6.45, 7) is 1.57. The van der Waals surface area contributed by atoms with Gasteiger partial charge in [0.1, 0.15) is 17.2 Å². The molecular weight excluding hydrogens is 512 g/mol. The largest absolute Gasteiger partial charge is 0.407 e. The molecule has 38 heavy (non-hydrogen) atoms. The van der Waals surface area contributed by atoms with Crippen molar-refractivity contribution in [2.75, 3.05) is 6.61 Å². The van der Waals surface area contributed by atoms with Gasteiger partial charge in [0.05, 0.1) is 24.6 Å². The van der Waals surface area contributed by atoms with E-state index < -0.39 is 60.7 Å². The number of hydrogen-bond acceptors (Lipinski definition) is 4. The summed E-state index contributed by atoms with van der Waals surface area (Å²) in [5.41, 5.74) is -2.01. The van der Waals surface area contributed by atoms with Crippen molar-refractivity contribution in [1.29, 1.82) is 5.26 Å². The summed E-state index contributed by atoms with van der Waals surface area (Å²) in [6.07, 6.45) is -7.39. The summed E-state index contributed by atoms with van der Waals surface area (Å²) < 4.78 is 82.8. The highest BCUT2D eigenvalue weighted by Gasteiger charge is 2.48. The van der Waals surface area contributed by atoms with Crippen LogP contribution in [0.5, 0.6) is 0 Å². The molecule has 2 aromatic carbocycles. The van der Waals surface area contributed by atoms with Crippen LogP contribution < -0.4 is 10.6 Å². The van der Waals surface area contributed by atoms with Crippen LogP contribution in [0.4, 0.5) is 26.3 Å². The van der Waals surface area contributed by atoms with Gasteiger partial charge in [0.25, 0.3) is 0 Å². The zero-order chi connectivity index (χ0) is 28.3. The van der Waals surface area contributed by atoms with Crippen LogP contribution >= 0.6 is 0 Å². The summed E-state index contributed by atoms with van der Waals surface area (Å²) in [7, 11) is 0. The maximum atomic E-state index is 14.4. The first-order valence-corrected chi connectivity index (χ1v) is 12.0. The molecular formula is C27H29F6N3O2. The minimum Gasteiger partial charge on any atom is -0.396 e. The van der Waals surface area contributed by atoms with Crippen LogP contribution in [0.2, 0.25) is 0 Å². The fourth-order valence-electron chi connectivity index (χ4n) is 4.13. The van der Waals surface area contributed by atoms with Crippen molar-refractivity contribution in [2.24, 2.45) is 0 Å². The van der Waals surface area contributed by atoms with E-state index in [9.17, 15) is 41.5 Å². The lowest BCUT2D eigenvalue weighted by molar-refractivity contribution is -0.161. The van der Waals surface area contributed by atoms with Crippen molar-refractivity contribution in [3.05, 3.63) is 59.7 Å². The highest BCUT2D eigenvalue weighted by molar-refractivity contribution is 5.83. The van der Waals surface area contributed by atoms with Crippen molar-refractivity contribution in [1.82, 2.24) is 10.6 Å². The topological polar surface area (TPSA) is 85.2 Å². The normalized spacial score (nSPS) is 17.4. The summed E-state index contributed by atoms with van der Waals surface area (Å²) in [6, 6.07) is 9.25. The van der Waals surface area contributed by atoms with E-state index in [-0.39, 0.29) is 11.1 Å². The number of benzene rings is 2. The van der Waals surface area contributed by atoms with Gasteiger partial charge in [-0.25, -0.2) is 13.2 Å². The van der Waals surface area contributed by atoms with E-state index in [1.165, 1.54) is 48.5 Å². The number of halogens is 6. The number of hydrogen-bond donors (Lipinski definition) is 3. The van der Waals surface area contributed by atoms with Gasteiger partial charge in [0, 0.05) is 6.42 Å². The molecule has 1 fully saturated rings. The number of amides is 1. The number of rotatable bonds is 11. The van der Waals surface area contributed by atoms with E-state index in [1.807, 2.05) is 6.07 Å². The Hall–Kier alpha value is -3.10. The van der Waals surface area contributed by atoms with Crippen LogP contribution in [0.3, 0.4) is 0 Å². The second-order valence-electron chi connectivity index (χ2n) is 10.2. The molecule has 0 bridgehead atoms. The minimum atomic E-state index is -4.83. The van der Waals surface area contributed by atoms with Gasteiger partial charge in [-0.3, -0.25) is 10.1 Å². The Bertz CT molecular complexity index is 1130. The number of aliphatic hydroxyl groups excluding tert-OH is 1. The SMILES string of the molecule is CC(C)(F)C[C@H](NC(c1ccc(-c2ccc([C@H](CO)C(F)F)cc2)cc1)C(F)(F)F)C(=O)NC1(C#N)CC1. The quantitative estimate of drug-likeness (QED) is 0.325. The van der Waals surface area contributed by atoms with E-state index in [0.29, 0.717) is 24.0 Å². The van der Waals surface area contributed by atoms with Crippen LogP contribution in [-0.2, 0) is 4.79 Å². The standard InChI is InChI=1S/C27H29F6N3O2/c1-25(2,30)13-21(24(38)36-26(15-34)11-12-26)35-22(27(31,32)33)19-9-5-17(6-10-19)16-3-7-18(8-4-16)20(14-37)23(28)29/h3-10,20-23,35,37H,11-14H2,1-2H3,(H,36,38)/t20-,21-,22?/m0/s1. The van der Waals surface area contributed by atoms with Crippen molar-refractivity contribution < 1.29 is 36.2 Å². The minimum absolute atomic E-state index is 0.216. The summed E-state index contributed by atoms with van der Waals surface area (Å²) in [4.78, 5) is 12.8. The van der Waals surface area contributed by atoms with Gasteiger partial charge in [0.15, 0.2) is 0 Å². The van der Waals surface area contributed by atoms with Gasteiger partial charge in [-0.1, -0.05) is 48.5 Å². The van der Waals surface area contributed by atoms with Crippen molar-refractivity contribution in [3.63, 3.8) is 0 Å². The van der Waals surface area contributed by atoms with E-state index in [1.54, 1.807) is 0 Å². The maximum absolute atomic E-state index is 14.4. The molecule has 3 N–H and O–H groups in total. The van der Waals surface area contributed by atoms with Gasteiger partial charge in [-0.2, -0.15) is 18.4 Å².